The molecule has 28 heavy (non-hydrogen) atoms. The Hall–Kier alpha value is -2.89. The standard InChI is InChI=1S/C22H24N4O2/c1-15-20(8-9-21-23-14-24-26(15)21)16-4-6-18(7-5-16)28-19-10-12-25(13-11-19)22(27)17-2-3-17/h4-9,14,17,19H,2-3,10-13H2,1H3. The summed E-state index contributed by atoms with van der Waals surface area (Å²) in [5, 5.41) is 4.29. The van der Waals surface area contributed by atoms with Crippen LogP contribution in [0, 0.1) is 12.8 Å². The highest BCUT2D eigenvalue weighted by molar-refractivity contribution is 5.81. The first-order valence-corrected chi connectivity index (χ1v) is 10.0. The lowest BCUT2D eigenvalue weighted by molar-refractivity contribution is -0.134. The van der Waals surface area contributed by atoms with Gasteiger partial charge in [0.1, 0.15) is 18.2 Å². The predicted molar refractivity (Wildman–Crippen MR) is 106 cm³/mol. The monoisotopic (exact) mass is 376 g/mol. The molecule has 1 amide bonds. The zero-order valence-electron chi connectivity index (χ0n) is 16.0. The number of hydrogen-bond acceptors (Lipinski definition) is 4. The summed E-state index contributed by atoms with van der Waals surface area (Å²) >= 11 is 0. The van der Waals surface area contributed by atoms with Crippen LogP contribution in [0.4, 0.5) is 0 Å². The van der Waals surface area contributed by atoms with Crippen molar-refractivity contribution in [2.24, 2.45) is 5.92 Å². The van der Waals surface area contributed by atoms with Crippen LogP contribution in [0.2, 0.25) is 0 Å². The van der Waals surface area contributed by atoms with E-state index in [0.717, 1.165) is 67.0 Å². The smallest absolute Gasteiger partial charge is 0.225 e. The minimum absolute atomic E-state index is 0.183. The van der Waals surface area contributed by atoms with Crippen LogP contribution in [0.5, 0.6) is 5.75 Å². The van der Waals surface area contributed by atoms with Gasteiger partial charge >= 0.3 is 0 Å². The fourth-order valence-electron chi connectivity index (χ4n) is 4.01. The molecule has 3 heterocycles. The van der Waals surface area contributed by atoms with Crippen LogP contribution in [-0.4, -0.2) is 44.6 Å². The van der Waals surface area contributed by atoms with E-state index in [1.54, 1.807) is 6.33 Å². The summed E-state index contributed by atoms with van der Waals surface area (Å²) in [6.07, 6.45) is 5.72. The maximum absolute atomic E-state index is 12.2. The van der Waals surface area contributed by atoms with Gasteiger partial charge in [0.15, 0.2) is 5.65 Å². The first-order valence-electron chi connectivity index (χ1n) is 10.0. The molecular formula is C22H24N4O2. The molecular weight excluding hydrogens is 352 g/mol. The van der Waals surface area contributed by atoms with Crippen molar-refractivity contribution in [3.05, 3.63) is 48.4 Å². The predicted octanol–water partition coefficient (Wildman–Crippen LogP) is 3.48. The van der Waals surface area contributed by atoms with Crippen LogP contribution in [-0.2, 0) is 4.79 Å². The lowest BCUT2D eigenvalue weighted by Crippen LogP contribution is -2.42. The summed E-state index contributed by atoms with van der Waals surface area (Å²) in [7, 11) is 0. The van der Waals surface area contributed by atoms with Crippen molar-refractivity contribution >= 4 is 11.6 Å². The summed E-state index contributed by atoms with van der Waals surface area (Å²) in [5.74, 6) is 1.54. The molecule has 1 aliphatic heterocycles. The molecule has 3 aromatic rings. The average molecular weight is 376 g/mol. The Kier molecular flexibility index (Phi) is 4.26. The third-order valence-electron chi connectivity index (χ3n) is 5.83. The zero-order chi connectivity index (χ0) is 19.1. The second kappa shape index (κ2) is 6.93. The SMILES string of the molecule is Cc1c(-c2ccc(OC3CCN(C(=O)C4CC4)CC3)cc2)ccc2ncnn12. The third kappa shape index (κ3) is 3.23. The Morgan fingerprint density at radius 2 is 1.79 bits per heavy atom. The van der Waals surface area contributed by atoms with E-state index in [2.05, 4.69) is 35.2 Å². The number of carbonyl (C=O) groups excluding carboxylic acids is 1. The lowest BCUT2D eigenvalue weighted by atomic mass is 10.0. The number of ether oxygens (including phenoxy) is 1. The molecule has 6 nitrogen and oxygen atoms in total. The maximum atomic E-state index is 12.2. The Balaban J connectivity index is 1.24. The van der Waals surface area contributed by atoms with E-state index in [1.165, 1.54) is 0 Å². The van der Waals surface area contributed by atoms with Crippen molar-refractivity contribution < 1.29 is 9.53 Å². The Bertz CT molecular complexity index is 999. The molecule has 144 valence electrons. The second-order valence-electron chi connectivity index (χ2n) is 7.80. The summed E-state index contributed by atoms with van der Waals surface area (Å²) in [4.78, 5) is 18.4. The zero-order valence-corrected chi connectivity index (χ0v) is 16.0. The molecule has 0 N–H and O–H groups in total. The summed E-state index contributed by atoms with van der Waals surface area (Å²) in [6.45, 7) is 3.68. The van der Waals surface area contributed by atoms with Crippen molar-refractivity contribution in [3.8, 4) is 16.9 Å². The molecule has 6 heteroatoms. The molecule has 5 rings (SSSR count). The lowest BCUT2D eigenvalue weighted by Gasteiger charge is -2.32. The van der Waals surface area contributed by atoms with Crippen molar-refractivity contribution in [2.75, 3.05) is 13.1 Å². The van der Waals surface area contributed by atoms with E-state index in [4.69, 9.17) is 4.74 Å². The van der Waals surface area contributed by atoms with Gasteiger partial charge in [-0.15, -0.1) is 0 Å². The number of aryl methyl sites for hydroxylation is 1. The Morgan fingerprint density at radius 1 is 1.04 bits per heavy atom. The molecule has 0 radical (unpaired) electrons. The van der Waals surface area contributed by atoms with E-state index < -0.39 is 0 Å². The largest absolute Gasteiger partial charge is 0.490 e. The number of benzene rings is 1. The van der Waals surface area contributed by atoms with Crippen molar-refractivity contribution in [3.63, 3.8) is 0 Å². The Labute approximate surface area is 164 Å². The van der Waals surface area contributed by atoms with Gasteiger partial charge in [-0.2, -0.15) is 5.10 Å². The highest BCUT2D eigenvalue weighted by Gasteiger charge is 2.35. The molecule has 1 saturated carbocycles. The number of hydrogen-bond donors (Lipinski definition) is 0. The Morgan fingerprint density at radius 3 is 2.50 bits per heavy atom. The van der Waals surface area contributed by atoms with Crippen LogP contribution < -0.4 is 4.74 Å². The molecule has 1 saturated heterocycles. The highest BCUT2D eigenvalue weighted by Crippen LogP contribution is 2.32. The van der Waals surface area contributed by atoms with Gasteiger partial charge in [-0.1, -0.05) is 12.1 Å². The number of piperidine rings is 1. The van der Waals surface area contributed by atoms with Gasteiger partial charge in [0.2, 0.25) is 5.91 Å². The number of likely N-dealkylation sites (tertiary alicyclic amines) is 1. The van der Waals surface area contributed by atoms with Gasteiger partial charge in [-0.3, -0.25) is 4.79 Å². The van der Waals surface area contributed by atoms with Crippen LogP contribution in [0.1, 0.15) is 31.4 Å². The minimum Gasteiger partial charge on any atom is -0.490 e. The number of aromatic nitrogens is 3. The van der Waals surface area contributed by atoms with Gasteiger partial charge in [0.05, 0.1) is 0 Å². The van der Waals surface area contributed by atoms with Gasteiger partial charge in [0, 0.05) is 43.1 Å². The molecule has 2 aromatic heterocycles. The summed E-state index contributed by atoms with van der Waals surface area (Å²) in [6, 6.07) is 12.3. The van der Waals surface area contributed by atoms with Gasteiger partial charge in [-0.05, 0) is 49.6 Å². The molecule has 0 atom stereocenters. The maximum Gasteiger partial charge on any atom is 0.225 e. The second-order valence-corrected chi connectivity index (χ2v) is 7.80. The van der Waals surface area contributed by atoms with Gasteiger partial charge in [0.25, 0.3) is 0 Å². The molecule has 0 bridgehead atoms. The van der Waals surface area contributed by atoms with E-state index in [1.807, 2.05) is 27.6 Å². The first kappa shape index (κ1) is 17.2. The normalized spacial score (nSPS) is 17.8. The molecule has 0 unspecified atom stereocenters. The van der Waals surface area contributed by atoms with Crippen molar-refractivity contribution in [1.29, 1.82) is 0 Å². The molecule has 2 fully saturated rings. The highest BCUT2D eigenvalue weighted by atomic mass is 16.5. The third-order valence-corrected chi connectivity index (χ3v) is 5.83. The summed E-state index contributed by atoms with van der Waals surface area (Å²) in [5.41, 5.74) is 4.19. The number of pyridine rings is 1. The van der Waals surface area contributed by atoms with Gasteiger partial charge in [-0.25, -0.2) is 9.50 Å². The average Bonchev–Trinajstić information content (AvgIpc) is 3.46. The fourth-order valence-corrected chi connectivity index (χ4v) is 4.01. The molecule has 1 aliphatic carbocycles. The number of nitrogens with zero attached hydrogens (tertiary/aromatic N) is 4. The molecule has 1 aromatic carbocycles. The van der Waals surface area contributed by atoms with E-state index in [0.29, 0.717) is 11.8 Å². The molecule has 2 aliphatic rings. The number of amides is 1. The van der Waals surface area contributed by atoms with Crippen LogP contribution in [0.3, 0.4) is 0 Å². The van der Waals surface area contributed by atoms with E-state index in [9.17, 15) is 4.79 Å². The van der Waals surface area contributed by atoms with E-state index in [-0.39, 0.29) is 6.10 Å². The number of rotatable bonds is 4. The summed E-state index contributed by atoms with van der Waals surface area (Å²) < 4.78 is 8.03. The van der Waals surface area contributed by atoms with Crippen molar-refractivity contribution in [1.82, 2.24) is 19.5 Å². The quantitative estimate of drug-likeness (QED) is 0.699. The van der Waals surface area contributed by atoms with Crippen LogP contribution in [0.25, 0.3) is 16.8 Å². The molecule has 0 spiro atoms. The first-order chi connectivity index (χ1) is 13.7. The minimum atomic E-state index is 0.183. The number of fused-ring (bicyclic) bond motifs is 1. The van der Waals surface area contributed by atoms with Crippen LogP contribution in [0.15, 0.2) is 42.7 Å². The van der Waals surface area contributed by atoms with Crippen LogP contribution >= 0.6 is 0 Å². The fraction of sp³-hybridized carbons (Fsp3) is 0.409. The van der Waals surface area contributed by atoms with Gasteiger partial charge < -0.3 is 9.64 Å². The van der Waals surface area contributed by atoms with Crippen molar-refractivity contribution in [2.45, 2.75) is 38.7 Å². The number of carbonyl (C=O) groups is 1. The topological polar surface area (TPSA) is 59.7 Å². The van der Waals surface area contributed by atoms with E-state index >= 15 is 0 Å².